The van der Waals surface area contributed by atoms with Gasteiger partial charge in [0.1, 0.15) is 0 Å². The Balaban J connectivity index is 3.24. The minimum atomic E-state index is -1.35. The zero-order valence-corrected chi connectivity index (χ0v) is 11.5. The van der Waals surface area contributed by atoms with Crippen LogP contribution in [0.15, 0.2) is 23.1 Å². The van der Waals surface area contributed by atoms with E-state index >= 15 is 0 Å². The molecular formula is C13H20O2S. The van der Waals surface area contributed by atoms with Crippen LogP contribution in [0.3, 0.4) is 0 Å². The summed E-state index contributed by atoms with van der Waals surface area (Å²) in [6.45, 7) is 8.66. The largest absolute Gasteiger partial charge is 0.290 e. The molecule has 0 heterocycles. The molecule has 0 aromatic heterocycles. The second-order valence-corrected chi connectivity index (χ2v) is 5.89. The molecule has 0 N–H and O–H groups in total. The summed E-state index contributed by atoms with van der Waals surface area (Å²) in [7, 11) is 1.46. The predicted octanol–water partition coefficient (Wildman–Crippen LogP) is 3.35. The molecule has 0 aliphatic carbocycles. The summed E-state index contributed by atoms with van der Waals surface area (Å²) in [6.07, 6.45) is 1.05. The number of rotatable bonds is 4. The van der Waals surface area contributed by atoms with Gasteiger partial charge >= 0.3 is 0 Å². The molecule has 2 nitrogen and oxygen atoms in total. The topological polar surface area (TPSA) is 26.3 Å². The van der Waals surface area contributed by atoms with Crippen molar-refractivity contribution in [2.75, 3.05) is 7.11 Å². The van der Waals surface area contributed by atoms with Crippen LogP contribution in [0.2, 0.25) is 0 Å². The lowest BCUT2D eigenvalue weighted by atomic mass is 9.80. The van der Waals surface area contributed by atoms with Crippen molar-refractivity contribution in [1.82, 2.24) is 0 Å². The van der Waals surface area contributed by atoms with Gasteiger partial charge in [0, 0.05) is 0 Å². The third kappa shape index (κ3) is 2.71. The molecule has 0 aliphatic heterocycles. The third-order valence-corrected chi connectivity index (χ3v) is 4.11. The number of benzene rings is 1. The maximum absolute atomic E-state index is 11.6. The van der Waals surface area contributed by atoms with Crippen LogP contribution in [0.25, 0.3) is 0 Å². The Morgan fingerprint density at radius 2 is 2.00 bits per heavy atom. The lowest BCUT2D eigenvalue weighted by Crippen LogP contribution is -2.17. The van der Waals surface area contributed by atoms with Gasteiger partial charge in [-0.25, -0.2) is 4.21 Å². The summed E-state index contributed by atoms with van der Waals surface area (Å²) in [6, 6.07) is 5.88. The molecule has 0 spiro atoms. The summed E-state index contributed by atoms with van der Waals surface area (Å²) >= 11 is -1.35. The van der Waals surface area contributed by atoms with Crippen molar-refractivity contribution in [3.8, 4) is 0 Å². The van der Waals surface area contributed by atoms with Crippen molar-refractivity contribution in [2.24, 2.45) is 0 Å². The standard InChI is InChI=1S/C13H20O2S/c1-6-13(3,4)12-9-11(16(14)15-5)8-7-10(12)2/h7-9H,6H2,1-5H3. The van der Waals surface area contributed by atoms with E-state index in [1.807, 2.05) is 18.2 Å². The molecule has 90 valence electrons. The molecule has 0 amide bonds. The van der Waals surface area contributed by atoms with Crippen LogP contribution in [0, 0.1) is 6.92 Å². The van der Waals surface area contributed by atoms with Crippen molar-refractivity contribution in [3.63, 3.8) is 0 Å². The van der Waals surface area contributed by atoms with Crippen LogP contribution in [-0.2, 0) is 20.7 Å². The molecule has 0 radical (unpaired) electrons. The smallest absolute Gasteiger partial charge is 0.188 e. The average molecular weight is 240 g/mol. The number of aryl methyl sites for hydroxylation is 1. The van der Waals surface area contributed by atoms with Crippen molar-refractivity contribution in [1.29, 1.82) is 0 Å². The van der Waals surface area contributed by atoms with Crippen molar-refractivity contribution >= 4 is 11.1 Å². The second-order valence-electron chi connectivity index (χ2n) is 4.62. The molecular weight excluding hydrogens is 220 g/mol. The van der Waals surface area contributed by atoms with Crippen LogP contribution in [0.4, 0.5) is 0 Å². The van der Waals surface area contributed by atoms with Gasteiger partial charge < -0.3 is 0 Å². The molecule has 1 atom stereocenters. The number of hydrogen-bond acceptors (Lipinski definition) is 2. The second kappa shape index (κ2) is 5.11. The van der Waals surface area contributed by atoms with Crippen molar-refractivity contribution in [3.05, 3.63) is 29.3 Å². The fraction of sp³-hybridized carbons (Fsp3) is 0.538. The van der Waals surface area contributed by atoms with E-state index in [4.69, 9.17) is 4.18 Å². The van der Waals surface area contributed by atoms with E-state index < -0.39 is 11.1 Å². The molecule has 1 aromatic carbocycles. The first kappa shape index (κ1) is 13.4. The van der Waals surface area contributed by atoms with Gasteiger partial charge in [-0.2, -0.15) is 0 Å². The maximum Gasteiger partial charge on any atom is 0.188 e. The van der Waals surface area contributed by atoms with Crippen molar-refractivity contribution < 1.29 is 8.39 Å². The Morgan fingerprint density at radius 1 is 1.38 bits per heavy atom. The molecule has 16 heavy (non-hydrogen) atoms. The average Bonchev–Trinajstić information content (AvgIpc) is 2.28. The Hall–Kier alpha value is -0.670. The van der Waals surface area contributed by atoms with E-state index in [9.17, 15) is 4.21 Å². The molecule has 0 bridgehead atoms. The highest BCUT2D eigenvalue weighted by Gasteiger charge is 2.21. The zero-order valence-electron chi connectivity index (χ0n) is 10.7. The minimum Gasteiger partial charge on any atom is -0.290 e. The highest BCUT2D eigenvalue weighted by Crippen LogP contribution is 2.30. The van der Waals surface area contributed by atoms with E-state index in [1.54, 1.807) is 0 Å². The Kier molecular flexibility index (Phi) is 4.28. The van der Waals surface area contributed by atoms with Crippen LogP contribution >= 0.6 is 0 Å². The van der Waals surface area contributed by atoms with Crippen LogP contribution in [-0.4, -0.2) is 11.3 Å². The van der Waals surface area contributed by atoms with E-state index in [-0.39, 0.29) is 5.41 Å². The lowest BCUT2D eigenvalue weighted by Gasteiger charge is -2.25. The van der Waals surface area contributed by atoms with E-state index in [0.29, 0.717) is 0 Å². The predicted molar refractivity (Wildman–Crippen MR) is 67.9 cm³/mol. The molecule has 1 aromatic rings. The lowest BCUT2D eigenvalue weighted by molar-refractivity contribution is 0.445. The fourth-order valence-electron chi connectivity index (χ4n) is 1.72. The summed E-state index contributed by atoms with van der Waals surface area (Å²) in [4.78, 5) is 0.740. The Bertz CT molecular complexity index is 397. The molecule has 3 heteroatoms. The summed E-state index contributed by atoms with van der Waals surface area (Å²) in [5, 5.41) is 0. The molecule has 1 rings (SSSR count). The Morgan fingerprint density at radius 3 is 2.50 bits per heavy atom. The van der Waals surface area contributed by atoms with Gasteiger partial charge in [0.25, 0.3) is 0 Å². The van der Waals surface area contributed by atoms with Gasteiger partial charge in [-0.15, -0.1) is 0 Å². The fourth-order valence-corrected chi connectivity index (χ4v) is 2.31. The molecule has 1 unspecified atom stereocenters. The summed E-state index contributed by atoms with van der Waals surface area (Å²) in [5.41, 5.74) is 2.60. The first-order valence-electron chi connectivity index (χ1n) is 5.49. The van der Waals surface area contributed by atoms with Crippen LogP contribution in [0.1, 0.15) is 38.3 Å². The van der Waals surface area contributed by atoms with E-state index in [1.165, 1.54) is 18.2 Å². The Labute approximate surface area is 101 Å². The van der Waals surface area contributed by atoms with Crippen molar-refractivity contribution in [2.45, 2.75) is 44.4 Å². The molecule has 0 saturated heterocycles. The van der Waals surface area contributed by atoms with Gasteiger partial charge in [0.2, 0.25) is 0 Å². The molecule has 0 aliphatic rings. The molecule has 0 saturated carbocycles. The first-order valence-corrected chi connectivity index (χ1v) is 6.57. The monoisotopic (exact) mass is 240 g/mol. The van der Waals surface area contributed by atoms with E-state index in [0.717, 1.165) is 11.3 Å². The van der Waals surface area contributed by atoms with Gasteiger partial charge in [0.15, 0.2) is 11.1 Å². The maximum atomic E-state index is 11.6. The quantitative estimate of drug-likeness (QED) is 0.806. The van der Waals surface area contributed by atoms with E-state index in [2.05, 4.69) is 27.7 Å². The summed E-state index contributed by atoms with van der Waals surface area (Å²) in [5.74, 6) is 0. The van der Waals surface area contributed by atoms with Gasteiger partial charge in [-0.05, 0) is 42.0 Å². The van der Waals surface area contributed by atoms with Gasteiger partial charge in [-0.3, -0.25) is 4.18 Å². The third-order valence-electron chi connectivity index (χ3n) is 3.17. The SMILES string of the molecule is CCC(C)(C)c1cc(S(=O)OC)ccc1C. The highest BCUT2D eigenvalue weighted by molar-refractivity contribution is 7.80. The van der Waals surface area contributed by atoms with Crippen LogP contribution < -0.4 is 0 Å². The number of hydrogen-bond donors (Lipinski definition) is 0. The minimum absolute atomic E-state index is 0.109. The molecule has 0 fully saturated rings. The van der Waals surface area contributed by atoms with Gasteiger partial charge in [0.05, 0.1) is 12.0 Å². The summed E-state index contributed by atoms with van der Waals surface area (Å²) < 4.78 is 16.4. The first-order chi connectivity index (χ1) is 7.42. The highest BCUT2D eigenvalue weighted by atomic mass is 32.2. The zero-order chi connectivity index (χ0) is 12.3. The van der Waals surface area contributed by atoms with Crippen LogP contribution in [0.5, 0.6) is 0 Å². The van der Waals surface area contributed by atoms with Gasteiger partial charge in [-0.1, -0.05) is 26.8 Å². The normalized spacial score (nSPS) is 13.8.